The quantitative estimate of drug-likeness (QED) is 0.513. The Morgan fingerprint density at radius 1 is 0.792 bits per heavy atom. The summed E-state index contributed by atoms with van der Waals surface area (Å²) in [6.07, 6.45) is 8.50. The SMILES string of the molecule is Cc1cccc2ccccc12.Cc1cnc[nH]1.Cc1cnccn1. The van der Waals surface area contributed by atoms with Gasteiger partial charge in [-0.15, -0.1) is 0 Å². The fourth-order valence-corrected chi connectivity index (χ4v) is 2.09. The molecule has 0 aliphatic carbocycles. The predicted molar refractivity (Wildman–Crippen MR) is 98.8 cm³/mol. The van der Waals surface area contributed by atoms with Gasteiger partial charge in [0.1, 0.15) is 0 Å². The number of aryl methyl sites for hydroxylation is 3. The zero-order valence-corrected chi connectivity index (χ0v) is 14.3. The van der Waals surface area contributed by atoms with Crippen molar-refractivity contribution >= 4 is 10.8 Å². The number of rotatable bonds is 0. The first-order valence-electron chi connectivity index (χ1n) is 7.79. The largest absolute Gasteiger partial charge is 0.349 e. The van der Waals surface area contributed by atoms with Crippen molar-refractivity contribution in [2.75, 3.05) is 0 Å². The number of hydrogen-bond donors (Lipinski definition) is 1. The maximum absolute atomic E-state index is 3.92. The molecule has 0 unspecified atom stereocenters. The highest BCUT2D eigenvalue weighted by Crippen LogP contribution is 2.16. The summed E-state index contributed by atoms with van der Waals surface area (Å²) in [4.78, 5) is 14.4. The van der Waals surface area contributed by atoms with Crippen LogP contribution in [-0.2, 0) is 0 Å². The topological polar surface area (TPSA) is 54.5 Å². The third kappa shape index (κ3) is 5.65. The number of imidazole rings is 1. The molecule has 122 valence electrons. The fraction of sp³-hybridized carbons (Fsp3) is 0.150. The van der Waals surface area contributed by atoms with Gasteiger partial charge in [-0.3, -0.25) is 9.97 Å². The van der Waals surface area contributed by atoms with Gasteiger partial charge in [-0.1, -0.05) is 42.5 Å². The molecule has 0 fully saturated rings. The second kappa shape index (κ2) is 9.20. The van der Waals surface area contributed by atoms with E-state index in [1.807, 2.05) is 13.8 Å². The molecule has 24 heavy (non-hydrogen) atoms. The molecule has 1 N–H and O–H groups in total. The molecule has 0 radical (unpaired) electrons. The second-order valence-electron chi connectivity index (χ2n) is 5.38. The third-order valence-corrected chi connectivity index (χ3v) is 3.33. The van der Waals surface area contributed by atoms with Crippen LogP contribution in [0.25, 0.3) is 10.8 Å². The second-order valence-corrected chi connectivity index (χ2v) is 5.38. The summed E-state index contributed by atoms with van der Waals surface area (Å²) < 4.78 is 0. The fourth-order valence-electron chi connectivity index (χ4n) is 2.09. The van der Waals surface area contributed by atoms with Crippen LogP contribution in [0.5, 0.6) is 0 Å². The first-order valence-corrected chi connectivity index (χ1v) is 7.79. The Bertz CT molecular complexity index is 835. The zero-order chi connectivity index (χ0) is 17.2. The normalized spacial score (nSPS) is 9.46. The van der Waals surface area contributed by atoms with Gasteiger partial charge < -0.3 is 4.98 Å². The summed E-state index contributed by atoms with van der Waals surface area (Å²) in [5.74, 6) is 0. The van der Waals surface area contributed by atoms with E-state index < -0.39 is 0 Å². The standard InChI is InChI=1S/C11H10.C5H6N2.C4H6N2/c1-9-5-4-7-10-6-2-3-8-11(9)10;1-5-4-6-2-3-7-5;1-4-2-5-3-6-4/h2-8H,1H3;2-4H,1H3;2-3H,1H3,(H,5,6). The van der Waals surface area contributed by atoms with Crippen LogP contribution < -0.4 is 0 Å². The van der Waals surface area contributed by atoms with Crippen molar-refractivity contribution in [2.24, 2.45) is 0 Å². The van der Waals surface area contributed by atoms with E-state index >= 15 is 0 Å². The van der Waals surface area contributed by atoms with Gasteiger partial charge in [0.2, 0.25) is 0 Å². The molecular weight excluding hydrogens is 296 g/mol. The smallest absolute Gasteiger partial charge is 0.0921 e. The lowest BCUT2D eigenvalue weighted by molar-refractivity contribution is 1.12. The minimum absolute atomic E-state index is 0.961. The Morgan fingerprint density at radius 3 is 2.08 bits per heavy atom. The maximum Gasteiger partial charge on any atom is 0.0921 e. The summed E-state index contributed by atoms with van der Waals surface area (Å²) in [5.41, 5.74) is 3.42. The van der Waals surface area contributed by atoms with Crippen LogP contribution in [0.15, 0.2) is 73.6 Å². The van der Waals surface area contributed by atoms with Crippen LogP contribution in [0.4, 0.5) is 0 Å². The van der Waals surface area contributed by atoms with E-state index in [4.69, 9.17) is 0 Å². The van der Waals surface area contributed by atoms with Gasteiger partial charge in [-0.05, 0) is 37.1 Å². The number of H-pyrrole nitrogens is 1. The van der Waals surface area contributed by atoms with E-state index in [0.717, 1.165) is 11.4 Å². The Balaban J connectivity index is 0.000000139. The lowest BCUT2D eigenvalue weighted by Gasteiger charge is -1.98. The predicted octanol–water partition coefficient (Wildman–Crippen LogP) is 4.65. The summed E-state index contributed by atoms with van der Waals surface area (Å²) in [7, 11) is 0. The summed E-state index contributed by atoms with van der Waals surface area (Å²) in [6.45, 7) is 6.02. The highest BCUT2D eigenvalue weighted by molar-refractivity contribution is 5.85. The van der Waals surface area contributed by atoms with Gasteiger partial charge in [0, 0.05) is 30.5 Å². The van der Waals surface area contributed by atoms with Gasteiger partial charge in [0.15, 0.2) is 0 Å². The molecule has 4 nitrogen and oxygen atoms in total. The van der Waals surface area contributed by atoms with E-state index in [-0.39, 0.29) is 0 Å². The van der Waals surface area contributed by atoms with Crippen molar-refractivity contribution < 1.29 is 0 Å². The highest BCUT2D eigenvalue weighted by Gasteiger charge is 1.92. The van der Waals surface area contributed by atoms with E-state index in [1.54, 1.807) is 31.1 Å². The Labute approximate surface area is 142 Å². The molecule has 0 aliphatic rings. The van der Waals surface area contributed by atoms with Gasteiger partial charge in [0.25, 0.3) is 0 Å². The zero-order valence-electron chi connectivity index (χ0n) is 14.3. The van der Waals surface area contributed by atoms with Crippen molar-refractivity contribution in [1.29, 1.82) is 0 Å². The summed E-state index contributed by atoms with van der Waals surface area (Å²) in [6, 6.07) is 14.8. The van der Waals surface area contributed by atoms with Crippen molar-refractivity contribution in [3.8, 4) is 0 Å². The molecule has 2 aromatic carbocycles. The van der Waals surface area contributed by atoms with E-state index in [2.05, 4.69) is 69.3 Å². The molecule has 2 heterocycles. The molecule has 4 heteroatoms. The van der Waals surface area contributed by atoms with E-state index in [9.17, 15) is 0 Å². The van der Waals surface area contributed by atoms with Gasteiger partial charge in [-0.25, -0.2) is 4.98 Å². The van der Waals surface area contributed by atoms with Crippen LogP contribution in [0, 0.1) is 20.8 Å². The van der Waals surface area contributed by atoms with E-state index in [0.29, 0.717) is 0 Å². The number of aromatic nitrogens is 4. The third-order valence-electron chi connectivity index (χ3n) is 3.33. The highest BCUT2D eigenvalue weighted by atomic mass is 14.8. The molecule has 0 saturated heterocycles. The molecule has 4 aromatic rings. The molecule has 0 spiro atoms. The Morgan fingerprint density at radius 2 is 1.58 bits per heavy atom. The van der Waals surface area contributed by atoms with Gasteiger partial charge >= 0.3 is 0 Å². The van der Waals surface area contributed by atoms with Gasteiger partial charge in [0.05, 0.1) is 12.0 Å². The van der Waals surface area contributed by atoms with E-state index in [1.165, 1.54) is 16.3 Å². The summed E-state index contributed by atoms with van der Waals surface area (Å²) in [5, 5.41) is 2.68. The van der Waals surface area contributed by atoms with Crippen molar-refractivity contribution in [3.63, 3.8) is 0 Å². The number of fused-ring (bicyclic) bond motifs is 1. The Kier molecular flexibility index (Phi) is 6.65. The molecule has 0 aliphatic heterocycles. The number of benzene rings is 2. The maximum atomic E-state index is 3.92. The average Bonchev–Trinajstić information content (AvgIpc) is 3.08. The van der Waals surface area contributed by atoms with Crippen LogP contribution in [0.2, 0.25) is 0 Å². The lowest BCUT2D eigenvalue weighted by atomic mass is 10.1. The minimum atomic E-state index is 0.961. The Hall–Kier alpha value is -3.01. The van der Waals surface area contributed by atoms with Crippen molar-refractivity contribution in [2.45, 2.75) is 20.8 Å². The molecule has 0 saturated carbocycles. The molecule has 0 atom stereocenters. The molecule has 0 amide bonds. The van der Waals surface area contributed by atoms with Crippen LogP contribution >= 0.6 is 0 Å². The minimum Gasteiger partial charge on any atom is -0.349 e. The van der Waals surface area contributed by atoms with Crippen LogP contribution in [-0.4, -0.2) is 19.9 Å². The lowest BCUT2D eigenvalue weighted by Crippen LogP contribution is -1.77. The molecular formula is C20H22N4. The van der Waals surface area contributed by atoms with Crippen LogP contribution in [0.3, 0.4) is 0 Å². The van der Waals surface area contributed by atoms with Gasteiger partial charge in [-0.2, -0.15) is 0 Å². The molecule has 0 bridgehead atoms. The van der Waals surface area contributed by atoms with Crippen molar-refractivity contribution in [1.82, 2.24) is 19.9 Å². The number of hydrogen-bond acceptors (Lipinski definition) is 3. The summed E-state index contributed by atoms with van der Waals surface area (Å²) >= 11 is 0. The number of nitrogens with zero attached hydrogens (tertiary/aromatic N) is 3. The first kappa shape index (κ1) is 17.3. The number of nitrogens with one attached hydrogen (secondary N) is 1. The molecule has 4 rings (SSSR count). The average molecular weight is 318 g/mol. The number of aromatic amines is 1. The van der Waals surface area contributed by atoms with Crippen LogP contribution in [0.1, 0.15) is 17.0 Å². The van der Waals surface area contributed by atoms with Crippen molar-refractivity contribution in [3.05, 3.63) is 90.5 Å². The first-order chi connectivity index (χ1) is 11.7. The monoisotopic (exact) mass is 318 g/mol. The molecule has 2 aromatic heterocycles.